The van der Waals surface area contributed by atoms with Crippen LogP contribution >= 0.6 is 0 Å². The number of methoxy groups -OCH3 is 1. The molecule has 1 aromatic carbocycles. The van der Waals surface area contributed by atoms with Crippen molar-refractivity contribution in [2.75, 3.05) is 20.3 Å². The van der Waals surface area contributed by atoms with E-state index in [9.17, 15) is 5.11 Å². The summed E-state index contributed by atoms with van der Waals surface area (Å²) in [4.78, 5) is 0. The highest BCUT2D eigenvalue weighted by Gasteiger charge is 2.24. The van der Waals surface area contributed by atoms with Gasteiger partial charge < -0.3 is 19.9 Å². The van der Waals surface area contributed by atoms with Crippen molar-refractivity contribution in [2.24, 2.45) is 0 Å². The topological polar surface area (TPSA) is 50.7 Å². The third-order valence-corrected chi connectivity index (χ3v) is 2.76. The Morgan fingerprint density at radius 1 is 1.41 bits per heavy atom. The van der Waals surface area contributed by atoms with Crippen LogP contribution in [-0.4, -0.2) is 37.5 Å². The minimum Gasteiger partial charge on any atom is -0.497 e. The van der Waals surface area contributed by atoms with Gasteiger partial charge in [0.05, 0.1) is 19.8 Å². The Morgan fingerprint density at radius 3 is 2.82 bits per heavy atom. The summed E-state index contributed by atoms with van der Waals surface area (Å²) in [5.41, 5.74) is 0. The molecule has 94 valence electrons. The van der Waals surface area contributed by atoms with E-state index in [0.29, 0.717) is 12.6 Å². The molecule has 0 spiro atoms. The molecule has 17 heavy (non-hydrogen) atoms. The first kappa shape index (κ1) is 12.2. The maximum atomic E-state index is 9.21. The molecule has 0 heterocycles. The number of rotatable bonds is 7. The summed E-state index contributed by atoms with van der Waals surface area (Å²) in [6, 6.07) is 8.06. The van der Waals surface area contributed by atoms with Gasteiger partial charge in [-0.1, -0.05) is 6.07 Å². The van der Waals surface area contributed by atoms with E-state index < -0.39 is 0 Å². The first-order valence-corrected chi connectivity index (χ1v) is 5.95. The summed E-state index contributed by atoms with van der Waals surface area (Å²) >= 11 is 0. The number of nitrogens with one attached hydrogen (secondary N) is 1. The van der Waals surface area contributed by atoms with Crippen molar-refractivity contribution in [1.82, 2.24) is 5.32 Å². The second kappa shape index (κ2) is 5.89. The van der Waals surface area contributed by atoms with E-state index in [-0.39, 0.29) is 12.6 Å². The predicted molar refractivity (Wildman–Crippen MR) is 65.5 cm³/mol. The summed E-state index contributed by atoms with van der Waals surface area (Å²) in [7, 11) is 1.63. The Balaban J connectivity index is 1.82. The summed E-state index contributed by atoms with van der Waals surface area (Å²) in [5.74, 6) is 1.54. The van der Waals surface area contributed by atoms with Gasteiger partial charge in [-0.25, -0.2) is 0 Å². The standard InChI is InChI=1S/C13H19NO3/c1-16-12-3-2-4-13(7-12)17-9-11(8-15)14-10-5-6-10/h2-4,7,10-11,14-15H,5-6,8-9H2,1H3. The van der Waals surface area contributed by atoms with Crippen LogP contribution in [0, 0.1) is 0 Å². The van der Waals surface area contributed by atoms with Crippen molar-refractivity contribution in [1.29, 1.82) is 0 Å². The number of aliphatic hydroxyl groups excluding tert-OH is 1. The molecule has 2 rings (SSSR count). The Kier molecular flexibility index (Phi) is 4.23. The van der Waals surface area contributed by atoms with Gasteiger partial charge >= 0.3 is 0 Å². The Morgan fingerprint density at radius 2 is 2.18 bits per heavy atom. The molecule has 0 saturated heterocycles. The minimum absolute atomic E-state index is 0.00806. The van der Waals surface area contributed by atoms with Gasteiger partial charge in [0.25, 0.3) is 0 Å². The van der Waals surface area contributed by atoms with Gasteiger partial charge in [-0.2, -0.15) is 0 Å². The third kappa shape index (κ3) is 3.91. The molecule has 0 bridgehead atoms. The lowest BCUT2D eigenvalue weighted by Gasteiger charge is -2.16. The van der Waals surface area contributed by atoms with Crippen LogP contribution in [-0.2, 0) is 0 Å². The van der Waals surface area contributed by atoms with Crippen molar-refractivity contribution in [3.63, 3.8) is 0 Å². The maximum absolute atomic E-state index is 9.21. The summed E-state index contributed by atoms with van der Waals surface area (Å²) in [5, 5.41) is 12.5. The molecule has 0 aromatic heterocycles. The van der Waals surface area contributed by atoms with E-state index in [2.05, 4.69) is 5.32 Å². The molecule has 0 aliphatic heterocycles. The fourth-order valence-corrected chi connectivity index (χ4v) is 1.62. The van der Waals surface area contributed by atoms with Crippen molar-refractivity contribution in [3.05, 3.63) is 24.3 Å². The number of ether oxygens (including phenoxy) is 2. The van der Waals surface area contributed by atoms with Crippen LogP contribution < -0.4 is 14.8 Å². The lowest BCUT2D eigenvalue weighted by molar-refractivity contribution is 0.181. The monoisotopic (exact) mass is 237 g/mol. The van der Waals surface area contributed by atoms with Crippen molar-refractivity contribution in [3.8, 4) is 11.5 Å². The second-order valence-corrected chi connectivity index (χ2v) is 4.31. The third-order valence-electron chi connectivity index (χ3n) is 2.76. The highest BCUT2D eigenvalue weighted by atomic mass is 16.5. The maximum Gasteiger partial charge on any atom is 0.123 e. The SMILES string of the molecule is COc1cccc(OCC(CO)NC2CC2)c1. The van der Waals surface area contributed by atoms with Crippen molar-refractivity contribution in [2.45, 2.75) is 24.9 Å². The Bertz CT molecular complexity index is 352. The van der Waals surface area contributed by atoms with E-state index in [1.54, 1.807) is 7.11 Å². The van der Waals surface area contributed by atoms with Gasteiger partial charge in [0.2, 0.25) is 0 Å². The van der Waals surface area contributed by atoms with Gasteiger partial charge in [-0.3, -0.25) is 0 Å². The molecule has 1 fully saturated rings. The van der Waals surface area contributed by atoms with E-state index in [0.717, 1.165) is 11.5 Å². The zero-order chi connectivity index (χ0) is 12.1. The van der Waals surface area contributed by atoms with E-state index >= 15 is 0 Å². The minimum atomic E-state index is 0.00806. The van der Waals surface area contributed by atoms with Gasteiger partial charge in [0.15, 0.2) is 0 Å². The normalized spacial score (nSPS) is 16.6. The average molecular weight is 237 g/mol. The number of aliphatic hydroxyl groups is 1. The highest BCUT2D eigenvalue weighted by molar-refractivity contribution is 5.32. The first-order valence-electron chi connectivity index (χ1n) is 5.95. The van der Waals surface area contributed by atoms with Crippen molar-refractivity contribution >= 4 is 0 Å². The summed E-state index contributed by atoms with van der Waals surface area (Å²) in [6.07, 6.45) is 2.41. The van der Waals surface area contributed by atoms with Gasteiger partial charge in [0, 0.05) is 12.1 Å². The van der Waals surface area contributed by atoms with Crippen LogP contribution in [0.25, 0.3) is 0 Å². The van der Waals surface area contributed by atoms with Crippen LogP contribution in [0.15, 0.2) is 24.3 Å². The number of hydrogen-bond acceptors (Lipinski definition) is 4. The molecule has 4 nitrogen and oxygen atoms in total. The molecule has 1 atom stereocenters. The summed E-state index contributed by atoms with van der Waals surface area (Å²) in [6.45, 7) is 0.570. The van der Waals surface area contributed by atoms with Gasteiger partial charge in [-0.15, -0.1) is 0 Å². The van der Waals surface area contributed by atoms with E-state index in [1.165, 1.54) is 12.8 Å². The highest BCUT2D eigenvalue weighted by Crippen LogP contribution is 2.21. The molecular formula is C13H19NO3. The van der Waals surface area contributed by atoms with Crippen LogP contribution in [0.4, 0.5) is 0 Å². The van der Waals surface area contributed by atoms with E-state index in [1.807, 2.05) is 24.3 Å². The molecule has 1 aliphatic rings. The number of benzene rings is 1. The Labute approximate surface area is 102 Å². The van der Waals surface area contributed by atoms with E-state index in [4.69, 9.17) is 9.47 Å². The van der Waals surface area contributed by atoms with Gasteiger partial charge in [0.1, 0.15) is 18.1 Å². The molecule has 1 saturated carbocycles. The molecule has 0 radical (unpaired) electrons. The first-order chi connectivity index (χ1) is 8.31. The molecule has 2 N–H and O–H groups in total. The zero-order valence-electron chi connectivity index (χ0n) is 10.1. The van der Waals surface area contributed by atoms with Crippen LogP contribution in [0.3, 0.4) is 0 Å². The largest absolute Gasteiger partial charge is 0.497 e. The smallest absolute Gasteiger partial charge is 0.123 e. The molecule has 4 heteroatoms. The molecular weight excluding hydrogens is 218 g/mol. The molecule has 1 aromatic rings. The van der Waals surface area contributed by atoms with Crippen LogP contribution in [0.1, 0.15) is 12.8 Å². The van der Waals surface area contributed by atoms with Crippen LogP contribution in [0.2, 0.25) is 0 Å². The average Bonchev–Trinajstić information content (AvgIpc) is 3.18. The lowest BCUT2D eigenvalue weighted by atomic mass is 10.3. The number of hydrogen-bond donors (Lipinski definition) is 2. The lowest BCUT2D eigenvalue weighted by Crippen LogP contribution is -2.39. The quantitative estimate of drug-likeness (QED) is 0.748. The zero-order valence-corrected chi connectivity index (χ0v) is 10.1. The fourth-order valence-electron chi connectivity index (χ4n) is 1.62. The summed E-state index contributed by atoms with van der Waals surface area (Å²) < 4.78 is 10.7. The van der Waals surface area contributed by atoms with Crippen molar-refractivity contribution < 1.29 is 14.6 Å². The van der Waals surface area contributed by atoms with Crippen LogP contribution in [0.5, 0.6) is 11.5 Å². The fraction of sp³-hybridized carbons (Fsp3) is 0.538. The van der Waals surface area contributed by atoms with Gasteiger partial charge in [-0.05, 0) is 25.0 Å². The predicted octanol–water partition coefficient (Wildman–Crippen LogP) is 1.19. The Hall–Kier alpha value is -1.26. The molecule has 1 aliphatic carbocycles. The second-order valence-electron chi connectivity index (χ2n) is 4.31. The molecule has 0 amide bonds. The molecule has 1 unspecified atom stereocenters.